The minimum atomic E-state index is -1.25. The number of carboxylic acids is 1. The molecule has 0 unspecified atom stereocenters. The molecule has 0 saturated carbocycles. The number of carbonyl (C=O) groups is 1. The van der Waals surface area contributed by atoms with Crippen LogP contribution in [0.15, 0.2) is 22.8 Å². The topological polar surface area (TPSA) is 57.4 Å². The monoisotopic (exact) mass is 260 g/mol. The summed E-state index contributed by atoms with van der Waals surface area (Å²) in [6.07, 6.45) is 1.76. The molecule has 0 radical (unpaired) electrons. The minimum absolute atomic E-state index is 0. The molecule has 0 bridgehead atoms. The van der Waals surface area contributed by atoms with Gasteiger partial charge in [-0.2, -0.15) is 0 Å². The van der Waals surface area contributed by atoms with Crippen LogP contribution in [0.5, 0.6) is 0 Å². The molecule has 2 aromatic heterocycles. The molecule has 2 aromatic rings. The molecule has 2 heterocycles. The summed E-state index contributed by atoms with van der Waals surface area (Å²) in [6.45, 7) is 1.69. The summed E-state index contributed by atoms with van der Waals surface area (Å²) in [5, 5.41) is 10.7. The minimum Gasteiger partial charge on any atom is -0.543 e. The number of aromatic carboxylic acids is 1. The molecule has 0 saturated heterocycles. The van der Waals surface area contributed by atoms with Gasteiger partial charge in [-0.25, -0.2) is 4.98 Å². The Bertz CT molecular complexity index is 524. The van der Waals surface area contributed by atoms with Crippen molar-refractivity contribution in [2.75, 3.05) is 0 Å². The Morgan fingerprint density at radius 2 is 2.27 bits per heavy atom. The number of rotatable bonds is 1. The van der Waals surface area contributed by atoms with Crippen LogP contribution in [0.3, 0.4) is 0 Å². The van der Waals surface area contributed by atoms with Gasteiger partial charge in [0.15, 0.2) is 5.65 Å². The Hall–Kier alpha value is -0.763. The van der Waals surface area contributed by atoms with Crippen molar-refractivity contribution in [1.29, 1.82) is 0 Å². The molecule has 0 amide bonds. The molecule has 4 nitrogen and oxygen atoms in total. The number of carbonyl (C=O) groups excluding carboxylic acids is 1. The molecule has 0 spiro atoms. The summed E-state index contributed by atoms with van der Waals surface area (Å²) in [4.78, 5) is 14.7. The Morgan fingerprint density at radius 1 is 1.60 bits per heavy atom. The van der Waals surface area contributed by atoms with Crippen LogP contribution < -0.4 is 24.0 Å². The number of aryl methyl sites for hydroxylation is 1. The predicted molar refractivity (Wildman–Crippen MR) is 52.0 cm³/mol. The normalized spacial score (nSPS) is 10.0. The molecule has 0 atom stereocenters. The number of carboxylic acid groups (broad SMARTS) is 1. The Morgan fingerprint density at radius 3 is 2.80 bits per heavy atom. The fourth-order valence-electron chi connectivity index (χ4n) is 1.35. The van der Waals surface area contributed by atoms with E-state index in [0.717, 1.165) is 4.47 Å². The fraction of sp³-hybridized carbons (Fsp3) is 0.111. The van der Waals surface area contributed by atoms with E-state index in [9.17, 15) is 9.90 Å². The Kier molecular flexibility index (Phi) is 3.61. The van der Waals surface area contributed by atoms with Crippen LogP contribution in [0.2, 0.25) is 0 Å². The van der Waals surface area contributed by atoms with Gasteiger partial charge in [0, 0.05) is 11.9 Å². The summed E-state index contributed by atoms with van der Waals surface area (Å²) in [5.74, 6) is -1.25. The van der Waals surface area contributed by atoms with Crippen molar-refractivity contribution in [2.45, 2.75) is 6.92 Å². The van der Waals surface area contributed by atoms with Crippen molar-refractivity contribution in [2.24, 2.45) is 0 Å². The number of aromatic nitrogens is 2. The molecule has 0 aromatic carbocycles. The molecule has 2 rings (SSSR count). The molecular weight excluding hydrogens is 255 g/mol. The summed E-state index contributed by atoms with van der Waals surface area (Å²) >= 11 is 3.30. The van der Waals surface area contributed by atoms with Gasteiger partial charge in [0.25, 0.3) is 0 Å². The van der Waals surface area contributed by atoms with Crippen LogP contribution in [0, 0.1) is 6.92 Å². The van der Waals surface area contributed by atoms with E-state index in [1.165, 1.54) is 0 Å². The number of imidazole rings is 1. The van der Waals surface area contributed by atoms with Crippen LogP contribution >= 0.6 is 15.9 Å². The standard InChI is InChI=1S/C9H7BrN2O2.Li/c1-5-7(9(13)14)11-8-6(10)3-2-4-12(5)8;/h2-4H,1H3,(H,13,14);/q;+1/p-1. The number of nitrogens with zero attached hydrogens (tertiary/aromatic N) is 2. The first-order valence-corrected chi connectivity index (χ1v) is 4.75. The third kappa shape index (κ3) is 1.96. The maximum atomic E-state index is 10.7. The van der Waals surface area contributed by atoms with E-state index < -0.39 is 5.97 Å². The summed E-state index contributed by atoms with van der Waals surface area (Å²) < 4.78 is 2.46. The molecule has 72 valence electrons. The number of hydrogen-bond acceptors (Lipinski definition) is 3. The number of hydrogen-bond donors (Lipinski definition) is 0. The SMILES string of the molecule is Cc1c(C(=O)[O-])nc2c(Br)cccn12.[Li+]. The van der Waals surface area contributed by atoms with E-state index in [1.807, 2.05) is 6.07 Å². The maximum absolute atomic E-state index is 10.7. The van der Waals surface area contributed by atoms with Crippen LogP contribution in [0.1, 0.15) is 16.2 Å². The van der Waals surface area contributed by atoms with Gasteiger partial charge in [0.1, 0.15) is 5.69 Å². The molecule has 0 N–H and O–H groups in total. The number of pyridine rings is 1. The van der Waals surface area contributed by atoms with E-state index in [0.29, 0.717) is 11.3 Å². The summed E-state index contributed by atoms with van der Waals surface area (Å²) in [7, 11) is 0. The second kappa shape index (κ2) is 4.40. The van der Waals surface area contributed by atoms with Crippen molar-refractivity contribution in [1.82, 2.24) is 9.38 Å². The molecule has 0 fully saturated rings. The van der Waals surface area contributed by atoms with E-state index in [-0.39, 0.29) is 24.6 Å². The van der Waals surface area contributed by atoms with Gasteiger partial charge >= 0.3 is 18.9 Å². The van der Waals surface area contributed by atoms with Crippen LogP contribution in [-0.2, 0) is 0 Å². The van der Waals surface area contributed by atoms with Gasteiger partial charge < -0.3 is 14.3 Å². The molecular formula is C9H6BrLiN2O2. The first-order chi connectivity index (χ1) is 6.61. The van der Waals surface area contributed by atoms with E-state index in [4.69, 9.17) is 0 Å². The largest absolute Gasteiger partial charge is 1.00 e. The van der Waals surface area contributed by atoms with Crippen molar-refractivity contribution in [3.8, 4) is 0 Å². The Balaban J connectivity index is 0.00000112. The zero-order valence-corrected chi connectivity index (χ0v) is 9.91. The van der Waals surface area contributed by atoms with E-state index in [1.54, 1.807) is 23.6 Å². The van der Waals surface area contributed by atoms with E-state index >= 15 is 0 Å². The van der Waals surface area contributed by atoms with Gasteiger partial charge in [-0.15, -0.1) is 0 Å². The first kappa shape index (κ1) is 12.3. The summed E-state index contributed by atoms with van der Waals surface area (Å²) in [6, 6.07) is 3.62. The van der Waals surface area contributed by atoms with Crippen molar-refractivity contribution >= 4 is 27.5 Å². The zero-order valence-electron chi connectivity index (χ0n) is 8.32. The van der Waals surface area contributed by atoms with Gasteiger partial charge in [-0.3, -0.25) is 0 Å². The third-order valence-corrected chi connectivity index (χ3v) is 2.65. The van der Waals surface area contributed by atoms with E-state index in [2.05, 4.69) is 20.9 Å². The molecule has 0 aliphatic carbocycles. The number of fused-ring (bicyclic) bond motifs is 1. The van der Waals surface area contributed by atoms with Gasteiger partial charge in [0.05, 0.1) is 10.4 Å². The van der Waals surface area contributed by atoms with Crippen molar-refractivity contribution in [3.05, 3.63) is 34.2 Å². The van der Waals surface area contributed by atoms with Crippen molar-refractivity contribution in [3.63, 3.8) is 0 Å². The summed E-state index contributed by atoms with van der Waals surface area (Å²) in [5.41, 5.74) is 1.14. The maximum Gasteiger partial charge on any atom is 1.00 e. The molecule has 15 heavy (non-hydrogen) atoms. The molecule has 0 aliphatic rings. The predicted octanol–water partition coefficient (Wildman–Crippen LogP) is -2.23. The average Bonchev–Trinajstić information content (AvgIpc) is 2.46. The van der Waals surface area contributed by atoms with Crippen LogP contribution in [0.4, 0.5) is 0 Å². The smallest absolute Gasteiger partial charge is 0.543 e. The Labute approximate surface area is 107 Å². The average molecular weight is 261 g/mol. The quantitative estimate of drug-likeness (QED) is 0.546. The van der Waals surface area contributed by atoms with Crippen LogP contribution in [0.25, 0.3) is 5.65 Å². The fourth-order valence-corrected chi connectivity index (χ4v) is 1.78. The van der Waals surface area contributed by atoms with Gasteiger partial charge in [0.2, 0.25) is 0 Å². The number of halogens is 1. The second-order valence-corrected chi connectivity index (χ2v) is 3.74. The van der Waals surface area contributed by atoms with Crippen LogP contribution in [-0.4, -0.2) is 15.4 Å². The van der Waals surface area contributed by atoms with Gasteiger partial charge in [-0.1, -0.05) is 0 Å². The second-order valence-electron chi connectivity index (χ2n) is 2.88. The molecule has 6 heteroatoms. The third-order valence-electron chi connectivity index (χ3n) is 2.03. The van der Waals surface area contributed by atoms with Gasteiger partial charge in [-0.05, 0) is 35.0 Å². The zero-order chi connectivity index (χ0) is 10.3. The molecule has 0 aliphatic heterocycles. The van der Waals surface area contributed by atoms with Crippen molar-refractivity contribution < 1.29 is 28.8 Å². The first-order valence-electron chi connectivity index (χ1n) is 3.96.